The van der Waals surface area contributed by atoms with Crippen molar-refractivity contribution in [2.24, 2.45) is 11.3 Å². The maximum absolute atomic E-state index is 13.1. The van der Waals surface area contributed by atoms with Crippen LogP contribution in [0.3, 0.4) is 0 Å². The molecule has 2 aliphatic heterocycles. The van der Waals surface area contributed by atoms with Gasteiger partial charge in [0, 0.05) is 49.9 Å². The van der Waals surface area contributed by atoms with E-state index in [1.165, 1.54) is 6.42 Å². The average molecular weight is 420 g/mol. The predicted octanol–water partition coefficient (Wildman–Crippen LogP) is 3.77. The summed E-state index contributed by atoms with van der Waals surface area (Å²) in [5.74, 6) is 0.126. The zero-order valence-electron chi connectivity index (χ0n) is 18.0. The van der Waals surface area contributed by atoms with Crippen LogP contribution < -0.4 is 0 Å². The van der Waals surface area contributed by atoms with E-state index in [1.54, 1.807) is 24.3 Å². The number of amides is 2. The molecule has 0 bridgehead atoms. The second-order valence-corrected chi connectivity index (χ2v) is 10.0. The van der Waals surface area contributed by atoms with E-state index in [4.69, 9.17) is 11.6 Å². The highest BCUT2D eigenvalue weighted by atomic mass is 35.5. The van der Waals surface area contributed by atoms with Gasteiger partial charge in [0.05, 0.1) is 5.92 Å². The molecule has 1 unspecified atom stereocenters. The minimum absolute atomic E-state index is 0.00818. The summed E-state index contributed by atoms with van der Waals surface area (Å²) in [5, 5.41) is 0.620. The van der Waals surface area contributed by atoms with Gasteiger partial charge < -0.3 is 9.80 Å². The maximum atomic E-state index is 13.1. The van der Waals surface area contributed by atoms with Crippen LogP contribution in [0.5, 0.6) is 0 Å². The summed E-state index contributed by atoms with van der Waals surface area (Å²) in [4.78, 5) is 32.2. The molecule has 0 radical (unpaired) electrons. The SMILES string of the molecule is CC(C)(C)CCN1CCN(C(=O)C2CCCN(C(=O)c3ccc(Cl)cc3)C2)CC1. The van der Waals surface area contributed by atoms with E-state index in [1.807, 2.05) is 9.80 Å². The first-order valence-electron chi connectivity index (χ1n) is 10.8. The molecular formula is C23H34ClN3O2. The van der Waals surface area contributed by atoms with Gasteiger partial charge in [-0.15, -0.1) is 0 Å². The molecule has 1 atom stereocenters. The Kier molecular flexibility index (Phi) is 7.23. The smallest absolute Gasteiger partial charge is 0.253 e. The summed E-state index contributed by atoms with van der Waals surface area (Å²) >= 11 is 5.93. The molecule has 2 amide bonds. The van der Waals surface area contributed by atoms with Crippen LogP contribution >= 0.6 is 11.6 Å². The van der Waals surface area contributed by atoms with Gasteiger partial charge in [-0.2, -0.15) is 0 Å². The fourth-order valence-electron chi connectivity index (χ4n) is 4.08. The van der Waals surface area contributed by atoms with Crippen LogP contribution in [-0.2, 0) is 4.79 Å². The molecule has 3 rings (SSSR count). The van der Waals surface area contributed by atoms with Gasteiger partial charge in [0.1, 0.15) is 0 Å². The number of piperidine rings is 1. The number of hydrogen-bond donors (Lipinski definition) is 0. The first-order valence-corrected chi connectivity index (χ1v) is 11.2. The molecule has 6 heteroatoms. The van der Waals surface area contributed by atoms with Gasteiger partial charge in [-0.25, -0.2) is 0 Å². The summed E-state index contributed by atoms with van der Waals surface area (Å²) in [6.07, 6.45) is 2.92. The number of carbonyl (C=O) groups is 2. The van der Waals surface area contributed by atoms with Crippen LogP contribution in [0, 0.1) is 11.3 Å². The second-order valence-electron chi connectivity index (χ2n) is 9.57. The molecule has 0 spiro atoms. The minimum atomic E-state index is -0.0823. The van der Waals surface area contributed by atoms with E-state index < -0.39 is 0 Å². The van der Waals surface area contributed by atoms with E-state index in [0.717, 1.165) is 45.6 Å². The third-order valence-corrected chi connectivity index (χ3v) is 6.26. The molecule has 1 aromatic carbocycles. The Morgan fingerprint density at radius 2 is 1.66 bits per heavy atom. The van der Waals surface area contributed by atoms with Crippen molar-refractivity contribution < 1.29 is 9.59 Å². The van der Waals surface area contributed by atoms with Crippen molar-refractivity contribution in [2.75, 3.05) is 45.8 Å². The number of carbonyl (C=O) groups excluding carboxylic acids is 2. The molecule has 2 aliphatic rings. The zero-order chi connectivity index (χ0) is 21.0. The van der Waals surface area contributed by atoms with Crippen molar-refractivity contribution in [3.05, 3.63) is 34.9 Å². The van der Waals surface area contributed by atoms with Crippen molar-refractivity contribution in [1.29, 1.82) is 0 Å². The van der Waals surface area contributed by atoms with Crippen molar-refractivity contribution in [2.45, 2.75) is 40.0 Å². The van der Waals surface area contributed by atoms with Gasteiger partial charge in [0.25, 0.3) is 5.91 Å². The largest absolute Gasteiger partial charge is 0.340 e. The fraction of sp³-hybridized carbons (Fsp3) is 0.652. The Labute approximate surface area is 180 Å². The molecule has 0 aliphatic carbocycles. The monoisotopic (exact) mass is 419 g/mol. The van der Waals surface area contributed by atoms with Gasteiger partial charge in [0.15, 0.2) is 0 Å². The van der Waals surface area contributed by atoms with Crippen molar-refractivity contribution in [1.82, 2.24) is 14.7 Å². The van der Waals surface area contributed by atoms with Gasteiger partial charge in [-0.1, -0.05) is 32.4 Å². The highest BCUT2D eigenvalue weighted by molar-refractivity contribution is 6.30. The molecule has 0 aromatic heterocycles. The standard InChI is InChI=1S/C23H34ClN3O2/c1-23(2,3)10-12-25-13-15-26(16-14-25)22(29)19-5-4-11-27(17-19)21(28)18-6-8-20(24)9-7-18/h6-9,19H,4-5,10-17H2,1-3H3. The third-order valence-electron chi connectivity index (χ3n) is 6.01. The lowest BCUT2D eigenvalue weighted by molar-refractivity contribution is -0.138. The Bertz CT molecular complexity index is 706. The molecule has 2 fully saturated rings. The van der Waals surface area contributed by atoms with Crippen molar-refractivity contribution in [3.8, 4) is 0 Å². The number of benzene rings is 1. The summed E-state index contributed by atoms with van der Waals surface area (Å²) in [6.45, 7) is 12.6. The Morgan fingerprint density at radius 1 is 1.00 bits per heavy atom. The third kappa shape index (κ3) is 6.19. The summed E-state index contributed by atoms with van der Waals surface area (Å²) < 4.78 is 0. The molecule has 29 heavy (non-hydrogen) atoms. The highest BCUT2D eigenvalue weighted by Gasteiger charge is 2.33. The Morgan fingerprint density at radius 3 is 2.28 bits per heavy atom. The Balaban J connectivity index is 1.51. The second kappa shape index (κ2) is 9.48. The normalized spacial score (nSPS) is 21.3. The van der Waals surface area contributed by atoms with E-state index in [0.29, 0.717) is 29.1 Å². The van der Waals surface area contributed by atoms with E-state index in [2.05, 4.69) is 25.7 Å². The number of likely N-dealkylation sites (tertiary alicyclic amines) is 1. The van der Waals surface area contributed by atoms with E-state index in [9.17, 15) is 9.59 Å². The number of nitrogens with zero attached hydrogens (tertiary/aromatic N) is 3. The van der Waals surface area contributed by atoms with Gasteiger partial charge in [-0.05, 0) is 55.5 Å². The quantitative estimate of drug-likeness (QED) is 0.746. The molecular weight excluding hydrogens is 386 g/mol. The van der Waals surface area contributed by atoms with Crippen LogP contribution in [0.25, 0.3) is 0 Å². The molecule has 160 valence electrons. The molecule has 2 heterocycles. The van der Waals surface area contributed by atoms with Crippen LogP contribution in [0.15, 0.2) is 24.3 Å². The number of hydrogen-bond acceptors (Lipinski definition) is 3. The van der Waals surface area contributed by atoms with Gasteiger partial charge >= 0.3 is 0 Å². The van der Waals surface area contributed by atoms with Gasteiger partial charge in [0.2, 0.25) is 5.91 Å². The minimum Gasteiger partial charge on any atom is -0.340 e. The molecule has 2 saturated heterocycles. The summed E-state index contributed by atoms with van der Waals surface area (Å²) in [7, 11) is 0. The molecule has 1 aromatic rings. The van der Waals surface area contributed by atoms with Crippen molar-refractivity contribution in [3.63, 3.8) is 0 Å². The van der Waals surface area contributed by atoms with E-state index >= 15 is 0 Å². The topological polar surface area (TPSA) is 43.9 Å². The van der Waals surface area contributed by atoms with Crippen LogP contribution in [0.4, 0.5) is 0 Å². The van der Waals surface area contributed by atoms with Crippen LogP contribution in [0.1, 0.15) is 50.4 Å². The average Bonchev–Trinajstić information content (AvgIpc) is 2.72. The molecule has 0 N–H and O–H groups in total. The lowest BCUT2D eigenvalue weighted by Gasteiger charge is -2.39. The fourth-order valence-corrected chi connectivity index (χ4v) is 4.21. The Hall–Kier alpha value is -1.59. The zero-order valence-corrected chi connectivity index (χ0v) is 18.7. The van der Waals surface area contributed by atoms with Gasteiger partial charge in [-0.3, -0.25) is 14.5 Å². The maximum Gasteiger partial charge on any atom is 0.253 e. The van der Waals surface area contributed by atoms with E-state index in [-0.39, 0.29) is 17.7 Å². The molecule has 5 nitrogen and oxygen atoms in total. The van der Waals surface area contributed by atoms with Crippen LogP contribution in [0.2, 0.25) is 5.02 Å². The number of halogens is 1. The highest BCUT2D eigenvalue weighted by Crippen LogP contribution is 2.23. The predicted molar refractivity (Wildman–Crippen MR) is 117 cm³/mol. The first-order chi connectivity index (χ1) is 13.7. The summed E-state index contributed by atoms with van der Waals surface area (Å²) in [5.41, 5.74) is 0.977. The first kappa shape index (κ1) is 22.1. The lowest BCUT2D eigenvalue weighted by Crippen LogP contribution is -2.53. The molecule has 0 saturated carbocycles. The number of piperazine rings is 1. The van der Waals surface area contributed by atoms with Crippen molar-refractivity contribution >= 4 is 23.4 Å². The summed E-state index contributed by atoms with van der Waals surface area (Å²) in [6, 6.07) is 6.99. The van der Waals surface area contributed by atoms with Crippen LogP contribution in [-0.4, -0.2) is 72.3 Å². The lowest BCUT2D eigenvalue weighted by atomic mass is 9.92. The number of rotatable bonds is 4.